The van der Waals surface area contributed by atoms with Gasteiger partial charge in [0.1, 0.15) is 11.4 Å². The average Bonchev–Trinajstić information content (AvgIpc) is 3.33. The minimum absolute atomic E-state index is 0.0220. The fourth-order valence-electron chi connectivity index (χ4n) is 4.67. The number of hydrogen-bond donors (Lipinski definition) is 1. The zero-order valence-electron chi connectivity index (χ0n) is 23.3. The molecule has 1 aliphatic rings. The Morgan fingerprint density at radius 1 is 1.10 bits per heavy atom. The number of aromatic nitrogens is 2. The van der Waals surface area contributed by atoms with Crippen LogP contribution in [0.15, 0.2) is 48.5 Å². The van der Waals surface area contributed by atoms with Gasteiger partial charge in [-0.2, -0.15) is 5.10 Å². The van der Waals surface area contributed by atoms with Crippen LogP contribution in [0.1, 0.15) is 48.9 Å². The van der Waals surface area contributed by atoms with E-state index in [1.54, 1.807) is 25.2 Å². The van der Waals surface area contributed by atoms with Crippen LogP contribution in [0.25, 0.3) is 11.1 Å². The first-order valence-corrected chi connectivity index (χ1v) is 13.2. The number of aliphatic carboxylic acids is 1. The van der Waals surface area contributed by atoms with Crippen LogP contribution in [-0.4, -0.2) is 69.4 Å². The Morgan fingerprint density at radius 3 is 2.42 bits per heavy atom. The summed E-state index contributed by atoms with van der Waals surface area (Å²) < 4.78 is 6.91. The molecule has 0 spiro atoms. The number of morpholine rings is 1. The summed E-state index contributed by atoms with van der Waals surface area (Å²) in [6.07, 6.45) is -0.204. The quantitative estimate of drug-likeness (QED) is 0.310. The van der Waals surface area contributed by atoms with Gasteiger partial charge in [0.25, 0.3) is 11.6 Å². The number of nitrogens with zero attached hydrogens (tertiary/aromatic N) is 5. The molecule has 11 nitrogen and oxygen atoms in total. The van der Waals surface area contributed by atoms with Crippen LogP contribution >= 0.6 is 0 Å². The molecular formula is C29H35N5O6. The smallest absolute Gasteiger partial charge is 0.305 e. The lowest BCUT2D eigenvalue weighted by Crippen LogP contribution is -2.36. The molecule has 1 aromatic heterocycles. The van der Waals surface area contributed by atoms with E-state index in [0.29, 0.717) is 43.2 Å². The number of benzene rings is 2. The number of carbonyl (C=O) groups excluding carboxylic acids is 1. The van der Waals surface area contributed by atoms with Crippen molar-refractivity contribution in [3.63, 3.8) is 0 Å². The van der Waals surface area contributed by atoms with Gasteiger partial charge in [-0.1, -0.05) is 45.0 Å². The summed E-state index contributed by atoms with van der Waals surface area (Å²) in [7, 11) is 1.70. The van der Waals surface area contributed by atoms with Crippen molar-refractivity contribution >= 4 is 23.3 Å². The average molecular weight is 550 g/mol. The van der Waals surface area contributed by atoms with Gasteiger partial charge < -0.3 is 19.6 Å². The Kier molecular flexibility index (Phi) is 8.53. The third-order valence-corrected chi connectivity index (χ3v) is 6.91. The van der Waals surface area contributed by atoms with Crippen LogP contribution in [0, 0.1) is 10.1 Å². The summed E-state index contributed by atoms with van der Waals surface area (Å²) in [5.41, 5.74) is 3.68. The number of carbonyl (C=O) groups is 2. The summed E-state index contributed by atoms with van der Waals surface area (Å²) in [6.45, 7) is 8.44. The van der Waals surface area contributed by atoms with Gasteiger partial charge in [0.05, 0.1) is 30.3 Å². The van der Waals surface area contributed by atoms with Crippen molar-refractivity contribution in [1.29, 1.82) is 0 Å². The van der Waals surface area contributed by atoms with Gasteiger partial charge in [-0.15, -0.1) is 0 Å². The van der Waals surface area contributed by atoms with Crippen LogP contribution in [0.4, 0.5) is 11.4 Å². The molecule has 1 fully saturated rings. The predicted octanol–water partition coefficient (Wildman–Crippen LogP) is 4.25. The second kappa shape index (κ2) is 11.9. The first-order valence-electron chi connectivity index (χ1n) is 13.2. The number of carboxylic acid groups (broad SMARTS) is 1. The summed E-state index contributed by atoms with van der Waals surface area (Å²) >= 11 is 0. The van der Waals surface area contributed by atoms with E-state index in [1.807, 2.05) is 56.0 Å². The molecule has 0 bridgehead atoms. The van der Waals surface area contributed by atoms with E-state index in [1.165, 1.54) is 9.58 Å². The van der Waals surface area contributed by atoms with Crippen molar-refractivity contribution < 1.29 is 24.4 Å². The largest absolute Gasteiger partial charge is 0.481 e. The molecule has 2 heterocycles. The first kappa shape index (κ1) is 28.8. The van der Waals surface area contributed by atoms with Crippen LogP contribution < -0.4 is 4.90 Å². The second-order valence-corrected chi connectivity index (χ2v) is 10.9. The minimum Gasteiger partial charge on any atom is -0.481 e. The van der Waals surface area contributed by atoms with Crippen LogP contribution in [0.5, 0.6) is 0 Å². The Bertz CT molecular complexity index is 1400. The second-order valence-electron chi connectivity index (χ2n) is 10.9. The number of amides is 1. The lowest BCUT2D eigenvalue weighted by atomic mass is 9.92. The summed E-state index contributed by atoms with van der Waals surface area (Å²) in [5.74, 6) is -1.32. The normalized spacial score (nSPS) is 13.8. The van der Waals surface area contributed by atoms with E-state index in [2.05, 4.69) is 5.10 Å². The Hall–Kier alpha value is -4.25. The molecule has 1 saturated heterocycles. The molecule has 3 aromatic rings. The summed E-state index contributed by atoms with van der Waals surface area (Å²) in [4.78, 5) is 40.0. The van der Waals surface area contributed by atoms with E-state index < -0.39 is 5.97 Å². The fraction of sp³-hybridized carbons (Fsp3) is 0.414. The maximum Gasteiger partial charge on any atom is 0.305 e. The number of hydrogen-bond acceptors (Lipinski definition) is 7. The molecule has 1 amide bonds. The van der Waals surface area contributed by atoms with E-state index in [9.17, 15) is 24.8 Å². The van der Waals surface area contributed by atoms with E-state index in [-0.39, 0.29) is 41.4 Å². The van der Waals surface area contributed by atoms with Crippen LogP contribution in [0.2, 0.25) is 0 Å². The zero-order valence-corrected chi connectivity index (χ0v) is 23.3. The van der Waals surface area contributed by atoms with Crippen LogP contribution in [-0.2, 0) is 28.5 Å². The molecule has 0 aliphatic carbocycles. The first-order chi connectivity index (χ1) is 18.9. The number of carboxylic acids is 1. The van der Waals surface area contributed by atoms with Gasteiger partial charge in [-0.25, -0.2) is 0 Å². The van der Waals surface area contributed by atoms with E-state index in [4.69, 9.17) is 4.74 Å². The highest BCUT2D eigenvalue weighted by Gasteiger charge is 2.26. The molecule has 1 N–H and O–H groups in total. The lowest BCUT2D eigenvalue weighted by Gasteiger charge is -2.28. The molecule has 212 valence electrons. The van der Waals surface area contributed by atoms with Crippen molar-refractivity contribution in [2.45, 2.75) is 39.2 Å². The molecule has 0 unspecified atom stereocenters. The van der Waals surface area contributed by atoms with Gasteiger partial charge in [0, 0.05) is 44.7 Å². The van der Waals surface area contributed by atoms with Gasteiger partial charge in [0.2, 0.25) is 0 Å². The molecule has 0 saturated carbocycles. The van der Waals surface area contributed by atoms with Gasteiger partial charge in [0.15, 0.2) is 0 Å². The third-order valence-electron chi connectivity index (χ3n) is 6.91. The molecule has 0 atom stereocenters. The zero-order chi connectivity index (χ0) is 29.0. The van der Waals surface area contributed by atoms with Crippen molar-refractivity contribution in [3.05, 3.63) is 75.6 Å². The highest BCUT2D eigenvalue weighted by Crippen LogP contribution is 2.34. The predicted molar refractivity (Wildman–Crippen MR) is 150 cm³/mol. The highest BCUT2D eigenvalue weighted by atomic mass is 16.6. The van der Waals surface area contributed by atoms with Gasteiger partial charge in [-0.3, -0.25) is 24.4 Å². The monoisotopic (exact) mass is 549 g/mol. The standard InChI is InChI=1S/C29H35N5O6/c1-29(2,3)26-18-25(31(4)30-26)28(37)33(11-10-27(35)36)19-20-6-5-7-21(16-20)22-8-9-23(24(17-22)34(38)39)32-12-14-40-15-13-32/h5-9,16-18H,10-15,19H2,1-4H3,(H,35,36). The molecule has 2 aromatic carbocycles. The van der Waals surface area contributed by atoms with Crippen molar-refractivity contribution in [3.8, 4) is 11.1 Å². The number of aryl methyl sites for hydroxylation is 1. The van der Waals surface area contributed by atoms with E-state index in [0.717, 1.165) is 16.8 Å². The van der Waals surface area contributed by atoms with Gasteiger partial charge >= 0.3 is 5.97 Å². The molecule has 40 heavy (non-hydrogen) atoms. The maximum absolute atomic E-state index is 13.6. The Morgan fingerprint density at radius 2 is 1.80 bits per heavy atom. The fourth-order valence-corrected chi connectivity index (χ4v) is 4.67. The Balaban J connectivity index is 1.62. The number of nitro benzene ring substituents is 1. The van der Waals surface area contributed by atoms with Gasteiger partial charge in [-0.05, 0) is 34.9 Å². The number of nitro groups is 1. The summed E-state index contributed by atoms with van der Waals surface area (Å²) in [5, 5.41) is 25.7. The number of rotatable bonds is 9. The van der Waals surface area contributed by atoms with Crippen LogP contribution in [0.3, 0.4) is 0 Å². The molecule has 4 rings (SSSR count). The topological polar surface area (TPSA) is 131 Å². The van der Waals surface area contributed by atoms with E-state index >= 15 is 0 Å². The highest BCUT2D eigenvalue weighted by molar-refractivity contribution is 5.93. The maximum atomic E-state index is 13.6. The van der Waals surface area contributed by atoms with Crippen molar-refractivity contribution in [2.75, 3.05) is 37.7 Å². The minimum atomic E-state index is -1.00. The van der Waals surface area contributed by atoms with Crippen molar-refractivity contribution in [2.24, 2.45) is 7.05 Å². The number of anilines is 1. The summed E-state index contributed by atoms with van der Waals surface area (Å²) in [6, 6.07) is 14.4. The SMILES string of the molecule is Cn1nc(C(C)(C)C)cc1C(=O)N(CCC(=O)O)Cc1cccc(-c2ccc(N3CCOCC3)c([N+](=O)[O-])c2)c1. The Labute approximate surface area is 233 Å². The molecule has 1 aliphatic heterocycles. The number of ether oxygens (including phenoxy) is 1. The molecular weight excluding hydrogens is 514 g/mol. The lowest BCUT2D eigenvalue weighted by molar-refractivity contribution is -0.384. The molecule has 11 heteroatoms. The van der Waals surface area contributed by atoms with Crippen molar-refractivity contribution in [1.82, 2.24) is 14.7 Å². The molecule has 0 radical (unpaired) electrons. The third kappa shape index (κ3) is 6.66.